The molecule has 5 heteroatoms. The molecule has 1 saturated heterocycles. The molecule has 1 fully saturated rings. The molecule has 92 valence electrons. The molecule has 1 aliphatic heterocycles. The zero-order chi connectivity index (χ0) is 12.4. The van der Waals surface area contributed by atoms with Crippen LogP contribution in [0.5, 0.6) is 5.75 Å². The molecule has 2 rings (SSSR count). The maximum atomic E-state index is 11.9. The van der Waals surface area contributed by atoms with Gasteiger partial charge in [0.2, 0.25) is 5.91 Å². The van der Waals surface area contributed by atoms with Crippen LogP contribution in [0, 0.1) is 5.92 Å². The summed E-state index contributed by atoms with van der Waals surface area (Å²) in [6.07, 6.45) is 0.547. The average Bonchev–Trinajstić information content (AvgIpc) is 2.70. The molecule has 0 aromatic heterocycles. The van der Waals surface area contributed by atoms with E-state index in [1.807, 2.05) is 12.1 Å². The Morgan fingerprint density at radius 3 is 2.88 bits per heavy atom. The number of nitrogens with zero attached hydrogens (tertiary/aromatic N) is 1. The van der Waals surface area contributed by atoms with Gasteiger partial charge in [0.1, 0.15) is 5.75 Å². The van der Waals surface area contributed by atoms with Crippen LogP contribution < -0.4 is 9.64 Å². The zero-order valence-corrected chi connectivity index (χ0v) is 11.2. The number of methoxy groups -OCH3 is 1. The van der Waals surface area contributed by atoms with Crippen molar-refractivity contribution in [2.75, 3.05) is 24.3 Å². The Kier molecular flexibility index (Phi) is 3.84. The standard InChI is InChI=1S/C12H14ClNO2S/c1-16-9-2-3-11(10(13)5-9)14-6-8(7-17)4-12(14)15/h2-3,5,8,17H,4,6-7H2,1H3. The van der Waals surface area contributed by atoms with Gasteiger partial charge in [-0.1, -0.05) is 11.6 Å². The fourth-order valence-corrected chi connectivity index (χ4v) is 2.49. The molecule has 1 amide bonds. The van der Waals surface area contributed by atoms with Crippen molar-refractivity contribution < 1.29 is 9.53 Å². The molecular formula is C12H14ClNO2S. The van der Waals surface area contributed by atoms with Crippen molar-refractivity contribution in [1.29, 1.82) is 0 Å². The molecule has 0 aliphatic carbocycles. The Bertz CT molecular complexity index is 439. The monoisotopic (exact) mass is 271 g/mol. The quantitative estimate of drug-likeness (QED) is 0.857. The molecule has 0 radical (unpaired) electrons. The molecular weight excluding hydrogens is 258 g/mol. The zero-order valence-electron chi connectivity index (χ0n) is 9.52. The molecule has 0 bridgehead atoms. The Labute approximate surface area is 111 Å². The number of ether oxygens (including phenoxy) is 1. The highest BCUT2D eigenvalue weighted by Gasteiger charge is 2.30. The van der Waals surface area contributed by atoms with Crippen LogP contribution in [-0.4, -0.2) is 25.3 Å². The van der Waals surface area contributed by atoms with E-state index in [4.69, 9.17) is 16.3 Å². The van der Waals surface area contributed by atoms with Gasteiger partial charge in [-0.3, -0.25) is 4.79 Å². The number of halogens is 1. The predicted molar refractivity (Wildman–Crippen MR) is 72.3 cm³/mol. The van der Waals surface area contributed by atoms with Crippen LogP contribution in [0.3, 0.4) is 0 Å². The molecule has 0 N–H and O–H groups in total. The molecule has 17 heavy (non-hydrogen) atoms. The van der Waals surface area contributed by atoms with Crippen LogP contribution >= 0.6 is 24.2 Å². The molecule has 1 aromatic rings. The van der Waals surface area contributed by atoms with Gasteiger partial charge in [0.05, 0.1) is 17.8 Å². The molecule has 1 aromatic carbocycles. The number of thiol groups is 1. The largest absolute Gasteiger partial charge is 0.497 e. The smallest absolute Gasteiger partial charge is 0.227 e. The van der Waals surface area contributed by atoms with Crippen molar-refractivity contribution in [3.05, 3.63) is 23.2 Å². The normalized spacial score (nSPS) is 19.8. The first kappa shape index (κ1) is 12.6. The molecule has 0 spiro atoms. The number of hydrogen-bond donors (Lipinski definition) is 1. The van der Waals surface area contributed by atoms with Crippen LogP contribution in [0.2, 0.25) is 5.02 Å². The minimum atomic E-state index is 0.108. The number of hydrogen-bond acceptors (Lipinski definition) is 3. The summed E-state index contributed by atoms with van der Waals surface area (Å²) in [6.45, 7) is 0.689. The third kappa shape index (κ3) is 2.53. The Morgan fingerprint density at radius 2 is 2.35 bits per heavy atom. The van der Waals surface area contributed by atoms with Crippen molar-refractivity contribution in [2.45, 2.75) is 6.42 Å². The van der Waals surface area contributed by atoms with Gasteiger partial charge in [-0.15, -0.1) is 0 Å². The Balaban J connectivity index is 2.26. The lowest BCUT2D eigenvalue weighted by Gasteiger charge is -2.18. The summed E-state index contributed by atoms with van der Waals surface area (Å²) < 4.78 is 5.08. The second-order valence-corrected chi connectivity index (χ2v) is 4.85. The lowest BCUT2D eigenvalue weighted by molar-refractivity contribution is -0.117. The van der Waals surface area contributed by atoms with Crippen molar-refractivity contribution >= 4 is 35.8 Å². The second kappa shape index (κ2) is 5.19. The molecule has 3 nitrogen and oxygen atoms in total. The molecule has 1 aliphatic rings. The highest BCUT2D eigenvalue weighted by molar-refractivity contribution is 7.80. The van der Waals surface area contributed by atoms with Gasteiger partial charge in [-0.05, 0) is 23.8 Å². The number of amides is 1. The fourth-order valence-electron chi connectivity index (χ4n) is 1.97. The van der Waals surface area contributed by atoms with Gasteiger partial charge in [0.15, 0.2) is 0 Å². The van der Waals surface area contributed by atoms with E-state index in [9.17, 15) is 4.79 Å². The van der Waals surface area contributed by atoms with Crippen molar-refractivity contribution in [3.8, 4) is 5.75 Å². The van der Waals surface area contributed by atoms with E-state index in [0.29, 0.717) is 29.7 Å². The van der Waals surface area contributed by atoms with E-state index in [0.717, 1.165) is 11.4 Å². The van der Waals surface area contributed by atoms with Gasteiger partial charge in [-0.25, -0.2) is 0 Å². The summed E-state index contributed by atoms with van der Waals surface area (Å²) >= 11 is 10.4. The van der Waals surface area contributed by atoms with E-state index >= 15 is 0 Å². The second-order valence-electron chi connectivity index (χ2n) is 4.07. The van der Waals surface area contributed by atoms with Gasteiger partial charge in [-0.2, -0.15) is 12.6 Å². The summed E-state index contributed by atoms with van der Waals surface area (Å²) in [7, 11) is 1.59. The summed E-state index contributed by atoms with van der Waals surface area (Å²) in [5.41, 5.74) is 0.752. The minimum absolute atomic E-state index is 0.108. The van der Waals surface area contributed by atoms with E-state index in [1.54, 1.807) is 18.1 Å². The van der Waals surface area contributed by atoms with E-state index in [-0.39, 0.29) is 5.91 Å². The topological polar surface area (TPSA) is 29.5 Å². The Hall–Kier alpha value is -0.870. The summed E-state index contributed by atoms with van der Waals surface area (Å²) in [5, 5.41) is 0.539. The minimum Gasteiger partial charge on any atom is -0.497 e. The van der Waals surface area contributed by atoms with Gasteiger partial charge >= 0.3 is 0 Å². The van der Waals surface area contributed by atoms with E-state index in [1.165, 1.54) is 0 Å². The first-order valence-corrected chi connectivity index (χ1v) is 6.41. The number of anilines is 1. The van der Waals surface area contributed by atoms with Crippen LogP contribution in [0.1, 0.15) is 6.42 Å². The first-order valence-electron chi connectivity index (χ1n) is 5.40. The van der Waals surface area contributed by atoms with Gasteiger partial charge in [0.25, 0.3) is 0 Å². The summed E-state index contributed by atoms with van der Waals surface area (Å²) in [5.74, 6) is 1.83. The Morgan fingerprint density at radius 1 is 1.59 bits per heavy atom. The SMILES string of the molecule is COc1ccc(N2CC(CS)CC2=O)c(Cl)c1. The third-order valence-electron chi connectivity index (χ3n) is 2.91. The lowest BCUT2D eigenvalue weighted by atomic mass is 10.1. The van der Waals surface area contributed by atoms with Gasteiger partial charge in [0, 0.05) is 19.0 Å². The van der Waals surface area contributed by atoms with Crippen LogP contribution in [0.15, 0.2) is 18.2 Å². The molecule has 0 saturated carbocycles. The fraction of sp³-hybridized carbons (Fsp3) is 0.417. The highest BCUT2D eigenvalue weighted by Crippen LogP contribution is 2.33. The van der Waals surface area contributed by atoms with Gasteiger partial charge < -0.3 is 9.64 Å². The highest BCUT2D eigenvalue weighted by atomic mass is 35.5. The number of rotatable bonds is 3. The molecule has 1 unspecified atom stereocenters. The summed E-state index contributed by atoms with van der Waals surface area (Å²) in [4.78, 5) is 13.6. The third-order valence-corrected chi connectivity index (χ3v) is 3.73. The number of carbonyl (C=O) groups is 1. The predicted octanol–water partition coefficient (Wildman–Crippen LogP) is 2.63. The van der Waals surface area contributed by atoms with Crippen molar-refractivity contribution in [1.82, 2.24) is 0 Å². The van der Waals surface area contributed by atoms with Crippen LogP contribution in [0.25, 0.3) is 0 Å². The van der Waals surface area contributed by atoms with Crippen molar-refractivity contribution in [3.63, 3.8) is 0 Å². The average molecular weight is 272 g/mol. The van der Waals surface area contributed by atoms with E-state index in [2.05, 4.69) is 12.6 Å². The maximum absolute atomic E-state index is 11.9. The van der Waals surface area contributed by atoms with Crippen LogP contribution in [0.4, 0.5) is 5.69 Å². The number of benzene rings is 1. The number of carbonyl (C=O) groups excluding carboxylic acids is 1. The maximum Gasteiger partial charge on any atom is 0.227 e. The molecule has 1 atom stereocenters. The lowest BCUT2D eigenvalue weighted by Crippen LogP contribution is -2.24. The van der Waals surface area contributed by atoms with E-state index < -0.39 is 0 Å². The molecule has 1 heterocycles. The van der Waals surface area contributed by atoms with Crippen LogP contribution in [-0.2, 0) is 4.79 Å². The first-order chi connectivity index (χ1) is 8.15. The summed E-state index contributed by atoms with van der Waals surface area (Å²) in [6, 6.07) is 5.35. The van der Waals surface area contributed by atoms with Crippen molar-refractivity contribution in [2.24, 2.45) is 5.92 Å².